The van der Waals surface area contributed by atoms with Gasteiger partial charge in [-0.05, 0) is 42.3 Å². The molecule has 10 nitrogen and oxygen atoms in total. The first-order valence-corrected chi connectivity index (χ1v) is 11.6. The van der Waals surface area contributed by atoms with Crippen LogP contribution in [-0.2, 0) is 14.3 Å². The first kappa shape index (κ1) is 28.0. The summed E-state index contributed by atoms with van der Waals surface area (Å²) in [6, 6.07) is 9.88. The lowest BCUT2D eigenvalue weighted by Crippen LogP contribution is -2.37. The van der Waals surface area contributed by atoms with E-state index in [2.05, 4.69) is 32.5 Å². The predicted octanol–water partition coefficient (Wildman–Crippen LogP) is 4.27. The number of benzene rings is 2. The number of nitrogens with zero attached hydrogens (tertiary/aromatic N) is 2. The maximum atomic E-state index is 14.5. The second kappa shape index (κ2) is 13.1. The number of esters is 1. The van der Waals surface area contributed by atoms with Crippen molar-refractivity contribution in [3.05, 3.63) is 73.0 Å². The van der Waals surface area contributed by atoms with Crippen molar-refractivity contribution in [3.63, 3.8) is 0 Å². The third kappa shape index (κ3) is 7.96. The van der Waals surface area contributed by atoms with Crippen molar-refractivity contribution in [1.82, 2.24) is 9.97 Å². The molecule has 0 saturated carbocycles. The molecule has 0 saturated heterocycles. The van der Waals surface area contributed by atoms with E-state index in [1.54, 1.807) is 38.1 Å². The van der Waals surface area contributed by atoms with Gasteiger partial charge in [-0.3, -0.25) is 9.59 Å². The SMILES string of the molecule is C=CC(=O)Nc1cccc(Nc2nc(Nc3ccc(OCCOC(=O)C(N)C(C)C)c(F)c3)ncc2F)c1. The number of anilines is 5. The van der Waals surface area contributed by atoms with Crippen molar-refractivity contribution in [2.24, 2.45) is 11.7 Å². The maximum absolute atomic E-state index is 14.5. The minimum atomic E-state index is -0.739. The Morgan fingerprint density at radius 1 is 1.05 bits per heavy atom. The Labute approximate surface area is 218 Å². The number of halogens is 2. The number of aromatic nitrogens is 2. The lowest BCUT2D eigenvalue weighted by molar-refractivity contribution is -0.147. The Hall–Kier alpha value is -4.58. The van der Waals surface area contributed by atoms with Crippen molar-refractivity contribution in [3.8, 4) is 5.75 Å². The van der Waals surface area contributed by atoms with Crippen LogP contribution in [0.4, 0.5) is 37.6 Å². The number of nitrogens with one attached hydrogen (secondary N) is 3. The van der Waals surface area contributed by atoms with Crippen molar-refractivity contribution in [1.29, 1.82) is 0 Å². The van der Waals surface area contributed by atoms with Crippen molar-refractivity contribution in [2.75, 3.05) is 29.2 Å². The molecule has 200 valence electrons. The zero-order valence-electron chi connectivity index (χ0n) is 20.8. The Morgan fingerprint density at radius 3 is 2.50 bits per heavy atom. The smallest absolute Gasteiger partial charge is 0.323 e. The number of hydrogen-bond donors (Lipinski definition) is 4. The van der Waals surface area contributed by atoms with Gasteiger partial charge in [-0.25, -0.2) is 13.8 Å². The standard InChI is InChI=1S/C26H28F2N6O4/c1-4-22(35)31-16-6-5-7-17(12-16)32-24-20(28)14-30-26(34-24)33-18-8-9-21(19(27)13-18)37-10-11-38-25(36)23(29)15(2)3/h4-9,12-15,23H,1,10-11,29H2,2-3H3,(H,31,35)(H2,30,32,33,34). The van der Waals surface area contributed by atoms with Crippen molar-refractivity contribution < 1.29 is 27.8 Å². The summed E-state index contributed by atoms with van der Waals surface area (Å²) in [6.45, 7) is 6.85. The van der Waals surface area contributed by atoms with Crippen LogP contribution in [0.25, 0.3) is 0 Å². The third-order valence-corrected chi connectivity index (χ3v) is 5.09. The molecule has 5 N–H and O–H groups in total. The van der Waals surface area contributed by atoms with E-state index in [9.17, 15) is 18.4 Å². The molecule has 3 aromatic rings. The van der Waals surface area contributed by atoms with E-state index in [4.69, 9.17) is 15.2 Å². The van der Waals surface area contributed by atoms with Crippen LogP contribution in [0.1, 0.15) is 13.8 Å². The molecular weight excluding hydrogens is 498 g/mol. The fraction of sp³-hybridized carbons (Fsp3) is 0.231. The predicted molar refractivity (Wildman–Crippen MR) is 139 cm³/mol. The summed E-state index contributed by atoms with van der Waals surface area (Å²) < 4.78 is 39.2. The molecule has 0 bridgehead atoms. The Balaban J connectivity index is 1.60. The number of hydrogen-bond acceptors (Lipinski definition) is 9. The second-order valence-electron chi connectivity index (χ2n) is 8.35. The van der Waals surface area contributed by atoms with Gasteiger partial charge in [0, 0.05) is 23.1 Å². The Kier molecular flexibility index (Phi) is 9.66. The zero-order chi connectivity index (χ0) is 27.7. The molecular formula is C26H28F2N6O4. The minimum absolute atomic E-state index is 0.00601. The highest BCUT2D eigenvalue weighted by Crippen LogP contribution is 2.25. The van der Waals surface area contributed by atoms with Crippen LogP contribution in [0.2, 0.25) is 0 Å². The van der Waals surface area contributed by atoms with Crippen LogP contribution < -0.4 is 26.4 Å². The minimum Gasteiger partial charge on any atom is -0.487 e. The first-order chi connectivity index (χ1) is 18.2. The van der Waals surface area contributed by atoms with Gasteiger partial charge in [0.15, 0.2) is 23.2 Å². The highest BCUT2D eigenvalue weighted by Gasteiger charge is 2.18. The number of rotatable bonds is 12. The third-order valence-electron chi connectivity index (χ3n) is 5.09. The molecule has 1 heterocycles. The summed E-state index contributed by atoms with van der Waals surface area (Å²) in [5.41, 5.74) is 6.93. The van der Waals surface area contributed by atoms with Crippen molar-refractivity contribution in [2.45, 2.75) is 19.9 Å². The van der Waals surface area contributed by atoms with E-state index in [1.807, 2.05) is 0 Å². The summed E-state index contributed by atoms with van der Waals surface area (Å²) >= 11 is 0. The fourth-order valence-corrected chi connectivity index (χ4v) is 3.01. The number of carbonyl (C=O) groups is 2. The van der Waals surface area contributed by atoms with E-state index in [-0.39, 0.29) is 48.2 Å². The van der Waals surface area contributed by atoms with Gasteiger partial charge in [0.05, 0.1) is 6.20 Å². The molecule has 3 rings (SSSR count). The summed E-state index contributed by atoms with van der Waals surface area (Å²) in [4.78, 5) is 31.2. The van der Waals surface area contributed by atoms with Gasteiger partial charge in [0.2, 0.25) is 11.9 Å². The van der Waals surface area contributed by atoms with Crippen LogP contribution in [0, 0.1) is 17.6 Å². The molecule has 0 fully saturated rings. The number of carbonyl (C=O) groups excluding carboxylic acids is 2. The zero-order valence-corrected chi connectivity index (χ0v) is 20.8. The molecule has 0 radical (unpaired) electrons. The van der Waals surface area contributed by atoms with E-state index >= 15 is 0 Å². The summed E-state index contributed by atoms with van der Waals surface area (Å²) in [6.07, 6.45) is 2.09. The average molecular weight is 527 g/mol. The Morgan fingerprint density at radius 2 is 1.79 bits per heavy atom. The van der Waals surface area contributed by atoms with E-state index in [0.717, 1.165) is 18.3 Å². The molecule has 2 aromatic carbocycles. The van der Waals surface area contributed by atoms with Crippen molar-refractivity contribution >= 4 is 40.7 Å². The van der Waals surface area contributed by atoms with Gasteiger partial charge in [-0.1, -0.05) is 26.5 Å². The molecule has 12 heteroatoms. The second-order valence-corrected chi connectivity index (χ2v) is 8.35. The summed E-state index contributed by atoms with van der Waals surface area (Å²) in [7, 11) is 0. The topological polar surface area (TPSA) is 140 Å². The molecule has 1 unspecified atom stereocenters. The maximum Gasteiger partial charge on any atom is 0.323 e. The van der Waals surface area contributed by atoms with Gasteiger partial charge in [-0.15, -0.1) is 0 Å². The average Bonchev–Trinajstić information content (AvgIpc) is 2.89. The van der Waals surface area contributed by atoms with Gasteiger partial charge >= 0.3 is 5.97 Å². The van der Waals surface area contributed by atoms with Crippen LogP contribution in [0.5, 0.6) is 5.75 Å². The van der Waals surface area contributed by atoms with Gasteiger partial charge in [-0.2, -0.15) is 4.98 Å². The van der Waals surface area contributed by atoms with Crippen LogP contribution in [0.3, 0.4) is 0 Å². The summed E-state index contributed by atoms with van der Waals surface area (Å²) in [5.74, 6) is -2.59. The molecule has 1 aromatic heterocycles. The monoisotopic (exact) mass is 526 g/mol. The lowest BCUT2D eigenvalue weighted by Gasteiger charge is -2.15. The molecule has 38 heavy (non-hydrogen) atoms. The molecule has 0 aliphatic carbocycles. The summed E-state index contributed by atoms with van der Waals surface area (Å²) in [5, 5.41) is 8.23. The van der Waals surface area contributed by atoms with Gasteiger partial charge in [0.25, 0.3) is 0 Å². The molecule has 0 spiro atoms. The van der Waals surface area contributed by atoms with Gasteiger partial charge in [0.1, 0.15) is 19.3 Å². The normalized spacial score (nSPS) is 11.4. The fourth-order valence-electron chi connectivity index (χ4n) is 3.01. The number of ether oxygens (including phenoxy) is 2. The Bertz CT molecular complexity index is 1300. The van der Waals surface area contributed by atoms with Gasteiger partial charge < -0.3 is 31.2 Å². The van der Waals surface area contributed by atoms with Crippen LogP contribution in [0.15, 0.2) is 61.3 Å². The molecule has 1 amide bonds. The molecule has 0 aliphatic rings. The van der Waals surface area contributed by atoms with Crippen LogP contribution in [-0.4, -0.2) is 41.1 Å². The quantitative estimate of drug-likeness (QED) is 0.155. The van der Waals surface area contributed by atoms with Crippen LogP contribution >= 0.6 is 0 Å². The van der Waals surface area contributed by atoms with E-state index < -0.39 is 23.6 Å². The highest BCUT2D eigenvalue weighted by molar-refractivity contribution is 5.99. The number of amides is 1. The lowest BCUT2D eigenvalue weighted by atomic mass is 10.1. The number of nitrogens with two attached hydrogens (primary N) is 1. The highest BCUT2D eigenvalue weighted by atomic mass is 19.1. The van der Waals surface area contributed by atoms with E-state index in [1.165, 1.54) is 12.1 Å². The largest absolute Gasteiger partial charge is 0.487 e. The molecule has 1 atom stereocenters. The first-order valence-electron chi connectivity index (χ1n) is 11.6. The molecule has 0 aliphatic heterocycles. The van der Waals surface area contributed by atoms with E-state index in [0.29, 0.717) is 11.4 Å².